The van der Waals surface area contributed by atoms with Crippen LogP contribution < -0.4 is 0 Å². The van der Waals surface area contributed by atoms with Crippen molar-refractivity contribution in [2.45, 2.75) is 51.5 Å². The van der Waals surface area contributed by atoms with E-state index in [2.05, 4.69) is 10.2 Å². The Labute approximate surface area is 107 Å². The van der Waals surface area contributed by atoms with E-state index in [1.54, 1.807) is 0 Å². The Kier molecular flexibility index (Phi) is 2.64. The summed E-state index contributed by atoms with van der Waals surface area (Å²) in [7, 11) is 0. The van der Waals surface area contributed by atoms with Crippen molar-refractivity contribution in [1.82, 2.24) is 15.1 Å². The van der Waals surface area contributed by atoms with Crippen molar-refractivity contribution in [3.05, 3.63) is 11.8 Å². The Balaban J connectivity index is 1.97. The van der Waals surface area contributed by atoms with Gasteiger partial charge < -0.3 is 9.32 Å². The molecule has 5 nitrogen and oxygen atoms in total. The lowest BCUT2D eigenvalue weighted by molar-refractivity contribution is -0.142. The summed E-state index contributed by atoms with van der Waals surface area (Å²) >= 11 is 0. The minimum absolute atomic E-state index is 0.202. The van der Waals surface area contributed by atoms with Gasteiger partial charge in [0.1, 0.15) is 5.54 Å². The molecule has 1 saturated heterocycles. The van der Waals surface area contributed by atoms with Gasteiger partial charge in [-0.25, -0.2) is 0 Å². The lowest BCUT2D eigenvalue weighted by Gasteiger charge is -2.47. The summed E-state index contributed by atoms with van der Waals surface area (Å²) in [5.41, 5.74) is -0.270. The van der Waals surface area contributed by atoms with Gasteiger partial charge in [0, 0.05) is 19.4 Å². The second-order valence-corrected chi connectivity index (χ2v) is 5.20. The van der Waals surface area contributed by atoms with Crippen LogP contribution in [-0.2, 0) is 16.8 Å². The zero-order valence-electron chi connectivity index (χ0n) is 11.0. The molecule has 1 aromatic heterocycles. The zero-order valence-corrected chi connectivity index (χ0v) is 11.0. The lowest BCUT2D eigenvalue weighted by Crippen LogP contribution is -2.53. The van der Waals surface area contributed by atoms with Crippen molar-refractivity contribution in [3.63, 3.8) is 0 Å². The summed E-state index contributed by atoms with van der Waals surface area (Å²) in [6, 6.07) is 0. The first-order chi connectivity index (χ1) is 8.72. The van der Waals surface area contributed by atoms with E-state index in [0.29, 0.717) is 24.1 Å². The van der Waals surface area contributed by atoms with Gasteiger partial charge in [-0.15, -0.1) is 10.2 Å². The predicted octanol–water partition coefficient (Wildman–Crippen LogP) is 1.88. The van der Waals surface area contributed by atoms with Gasteiger partial charge in [0.05, 0.1) is 0 Å². The van der Waals surface area contributed by atoms with E-state index in [1.807, 2.05) is 18.7 Å². The molecule has 5 heteroatoms. The minimum atomic E-state index is -0.270. The fourth-order valence-electron chi connectivity index (χ4n) is 3.35. The number of nitrogens with zero attached hydrogens (tertiary/aromatic N) is 3. The third kappa shape index (κ3) is 1.36. The van der Waals surface area contributed by atoms with Crippen LogP contribution in [0, 0.1) is 5.92 Å². The molecule has 0 aromatic carbocycles. The standard InChI is InChI=1S/C13H19N3O2/c1-3-10-14-15-12(18-10)13-7-5-9(13)6-8-16(13)11(17)4-2/h9H,3-8H2,1-2H3/t9-,13-/m0/s1. The molecule has 2 aliphatic rings. The van der Waals surface area contributed by atoms with Gasteiger partial charge in [0.2, 0.25) is 17.7 Å². The molecule has 0 N–H and O–H groups in total. The molecule has 2 atom stereocenters. The third-order valence-corrected chi connectivity index (χ3v) is 4.48. The first kappa shape index (κ1) is 11.7. The molecule has 1 aromatic rings. The SMILES string of the molecule is CCC(=O)N1CC[C@@H]2CC[C@@]21c1nnc(CC)o1. The van der Waals surface area contributed by atoms with Crippen LogP contribution in [0.2, 0.25) is 0 Å². The summed E-state index contributed by atoms with van der Waals surface area (Å²) in [5, 5.41) is 8.26. The number of carbonyl (C=O) groups excluding carboxylic acids is 1. The first-order valence-corrected chi connectivity index (χ1v) is 6.85. The Bertz CT molecular complexity index is 471. The zero-order chi connectivity index (χ0) is 12.8. The van der Waals surface area contributed by atoms with Gasteiger partial charge in [-0.1, -0.05) is 13.8 Å². The number of aromatic nitrogens is 2. The van der Waals surface area contributed by atoms with Crippen molar-refractivity contribution < 1.29 is 9.21 Å². The normalized spacial score (nSPS) is 30.1. The van der Waals surface area contributed by atoms with Crippen molar-refractivity contribution in [1.29, 1.82) is 0 Å². The summed E-state index contributed by atoms with van der Waals surface area (Å²) in [5.74, 6) is 2.04. The molecule has 1 aliphatic carbocycles. The number of likely N-dealkylation sites (tertiary alicyclic amines) is 1. The second kappa shape index (κ2) is 4.07. The van der Waals surface area contributed by atoms with Gasteiger partial charge in [-0.3, -0.25) is 4.79 Å². The van der Waals surface area contributed by atoms with Gasteiger partial charge >= 0.3 is 0 Å². The van der Waals surface area contributed by atoms with Crippen LogP contribution in [0.3, 0.4) is 0 Å². The largest absolute Gasteiger partial charge is 0.423 e. The van der Waals surface area contributed by atoms with Crippen LogP contribution in [-0.4, -0.2) is 27.5 Å². The molecule has 0 unspecified atom stereocenters. The highest BCUT2D eigenvalue weighted by molar-refractivity contribution is 5.77. The summed E-state index contributed by atoms with van der Waals surface area (Å²) in [4.78, 5) is 14.1. The van der Waals surface area contributed by atoms with E-state index in [0.717, 1.165) is 32.2 Å². The third-order valence-electron chi connectivity index (χ3n) is 4.48. The van der Waals surface area contributed by atoms with Crippen LogP contribution in [0.25, 0.3) is 0 Å². The number of rotatable bonds is 3. The Morgan fingerprint density at radius 3 is 2.83 bits per heavy atom. The number of aryl methyl sites for hydroxylation is 1. The van der Waals surface area contributed by atoms with Crippen molar-refractivity contribution in [2.24, 2.45) is 5.92 Å². The number of fused-ring (bicyclic) bond motifs is 1. The van der Waals surface area contributed by atoms with Crippen LogP contribution in [0.5, 0.6) is 0 Å². The first-order valence-electron chi connectivity index (χ1n) is 6.85. The number of carbonyl (C=O) groups is 1. The Morgan fingerprint density at radius 1 is 1.44 bits per heavy atom. The van der Waals surface area contributed by atoms with Gasteiger partial charge in [-0.2, -0.15) is 0 Å². The highest BCUT2D eigenvalue weighted by atomic mass is 16.4. The topological polar surface area (TPSA) is 59.2 Å². The fourth-order valence-corrected chi connectivity index (χ4v) is 3.35. The molecule has 3 rings (SSSR count). The van der Waals surface area contributed by atoms with Gasteiger partial charge in [0.25, 0.3) is 0 Å². The molecule has 2 heterocycles. The molecule has 18 heavy (non-hydrogen) atoms. The molecule has 1 saturated carbocycles. The van der Waals surface area contributed by atoms with E-state index in [-0.39, 0.29) is 11.4 Å². The van der Waals surface area contributed by atoms with E-state index < -0.39 is 0 Å². The van der Waals surface area contributed by atoms with Crippen molar-refractivity contribution >= 4 is 5.91 Å². The van der Waals surface area contributed by atoms with Gasteiger partial charge in [-0.05, 0) is 25.2 Å². The van der Waals surface area contributed by atoms with E-state index in [1.165, 1.54) is 0 Å². The number of hydrogen-bond donors (Lipinski definition) is 0. The number of amides is 1. The minimum Gasteiger partial charge on any atom is -0.423 e. The lowest BCUT2D eigenvalue weighted by atomic mass is 9.67. The second-order valence-electron chi connectivity index (χ2n) is 5.20. The molecule has 1 amide bonds. The molecule has 2 fully saturated rings. The molecule has 0 spiro atoms. The van der Waals surface area contributed by atoms with E-state index in [9.17, 15) is 4.79 Å². The fraction of sp³-hybridized carbons (Fsp3) is 0.769. The Morgan fingerprint density at radius 2 is 2.28 bits per heavy atom. The average molecular weight is 249 g/mol. The summed E-state index contributed by atoms with van der Waals surface area (Å²) in [6.45, 7) is 4.74. The summed E-state index contributed by atoms with van der Waals surface area (Å²) in [6.07, 6.45) is 4.49. The van der Waals surface area contributed by atoms with Crippen molar-refractivity contribution in [3.8, 4) is 0 Å². The molecule has 1 aliphatic heterocycles. The molecule has 0 bridgehead atoms. The van der Waals surface area contributed by atoms with Crippen LogP contribution in [0.1, 0.15) is 51.3 Å². The molecule has 0 radical (unpaired) electrons. The average Bonchev–Trinajstić information content (AvgIpc) is 2.92. The number of hydrogen-bond acceptors (Lipinski definition) is 4. The summed E-state index contributed by atoms with van der Waals surface area (Å²) < 4.78 is 5.75. The van der Waals surface area contributed by atoms with Crippen LogP contribution in [0.15, 0.2) is 4.42 Å². The monoisotopic (exact) mass is 249 g/mol. The van der Waals surface area contributed by atoms with E-state index in [4.69, 9.17) is 4.42 Å². The van der Waals surface area contributed by atoms with Crippen LogP contribution >= 0.6 is 0 Å². The molecular formula is C13H19N3O2. The molecule has 98 valence electrons. The van der Waals surface area contributed by atoms with Crippen LogP contribution in [0.4, 0.5) is 0 Å². The quantitative estimate of drug-likeness (QED) is 0.820. The maximum Gasteiger partial charge on any atom is 0.242 e. The Hall–Kier alpha value is -1.39. The predicted molar refractivity (Wildman–Crippen MR) is 64.7 cm³/mol. The maximum absolute atomic E-state index is 12.1. The van der Waals surface area contributed by atoms with E-state index >= 15 is 0 Å². The van der Waals surface area contributed by atoms with Gasteiger partial charge in [0.15, 0.2) is 0 Å². The smallest absolute Gasteiger partial charge is 0.242 e. The highest BCUT2D eigenvalue weighted by Gasteiger charge is 2.60. The highest BCUT2D eigenvalue weighted by Crippen LogP contribution is 2.56. The van der Waals surface area contributed by atoms with Crippen molar-refractivity contribution in [2.75, 3.05) is 6.54 Å². The maximum atomic E-state index is 12.1. The molecular weight excluding hydrogens is 230 g/mol.